The molecule has 0 bridgehead atoms. The average molecular weight is 249 g/mol. The lowest BCUT2D eigenvalue weighted by atomic mass is 10.1. The molecule has 98 valence electrons. The highest BCUT2D eigenvalue weighted by atomic mass is 16.5. The van der Waals surface area contributed by atoms with Gasteiger partial charge in [0, 0.05) is 24.8 Å². The number of carbonyl (C=O) groups excluding carboxylic acids is 1. The van der Waals surface area contributed by atoms with Crippen LogP contribution in [0.15, 0.2) is 18.2 Å². The summed E-state index contributed by atoms with van der Waals surface area (Å²) in [5, 5.41) is 2.86. The van der Waals surface area contributed by atoms with Crippen LogP contribution >= 0.6 is 0 Å². The highest BCUT2D eigenvalue weighted by Crippen LogP contribution is 2.27. The van der Waals surface area contributed by atoms with Crippen molar-refractivity contribution in [2.24, 2.45) is 0 Å². The fourth-order valence-electron chi connectivity index (χ4n) is 2.10. The molecular weight excluding hydrogens is 230 g/mol. The van der Waals surface area contributed by atoms with Crippen molar-refractivity contribution >= 4 is 17.4 Å². The Morgan fingerprint density at radius 1 is 1.33 bits per heavy atom. The van der Waals surface area contributed by atoms with Crippen LogP contribution in [-0.4, -0.2) is 31.1 Å². The normalized spacial score (nSPS) is 15.3. The third-order valence-electron chi connectivity index (χ3n) is 3.11. The third-order valence-corrected chi connectivity index (χ3v) is 3.11. The number of nitrogen functional groups attached to an aromatic ring is 1. The number of anilines is 2. The Morgan fingerprint density at radius 2 is 2.06 bits per heavy atom. The number of rotatable bonds is 2. The zero-order valence-corrected chi connectivity index (χ0v) is 10.6. The number of methoxy groups -OCH3 is 1. The molecule has 1 aliphatic rings. The molecule has 0 unspecified atom stereocenters. The van der Waals surface area contributed by atoms with Crippen molar-refractivity contribution in [2.75, 3.05) is 31.2 Å². The van der Waals surface area contributed by atoms with E-state index < -0.39 is 0 Å². The van der Waals surface area contributed by atoms with Gasteiger partial charge in [0.15, 0.2) is 0 Å². The van der Waals surface area contributed by atoms with Gasteiger partial charge >= 0.3 is 6.03 Å². The summed E-state index contributed by atoms with van der Waals surface area (Å²) in [5.74, 6) is 0.584. The molecule has 5 heteroatoms. The molecule has 0 saturated carbocycles. The van der Waals surface area contributed by atoms with Crippen molar-refractivity contribution in [2.45, 2.75) is 19.3 Å². The molecule has 3 N–H and O–H groups in total. The Morgan fingerprint density at radius 3 is 2.72 bits per heavy atom. The standard InChI is InChI=1S/C13H19N3O2/c1-18-12-9-10(14)5-6-11(12)15-13(17)16-7-3-2-4-8-16/h5-6,9H,2-4,7-8,14H2,1H3,(H,15,17). The summed E-state index contributed by atoms with van der Waals surface area (Å²) in [6, 6.07) is 5.13. The molecule has 5 nitrogen and oxygen atoms in total. The van der Waals surface area contributed by atoms with E-state index in [4.69, 9.17) is 10.5 Å². The van der Waals surface area contributed by atoms with Gasteiger partial charge in [0.2, 0.25) is 0 Å². The van der Waals surface area contributed by atoms with Gasteiger partial charge in [-0.2, -0.15) is 0 Å². The minimum absolute atomic E-state index is 0.0715. The van der Waals surface area contributed by atoms with Crippen LogP contribution in [0.25, 0.3) is 0 Å². The summed E-state index contributed by atoms with van der Waals surface area (Å²) in [7, 11) is 1.56. The zero-order valence-electron chi connectivity index (χ0n) is 10.6. The smallest absolute Gasteiger partial charge is 0.321 e. The number of nitrogens with two attached hydrogens (primary N) is 1. The number of likely N-dealkylation sites (tertiary alicyclic amines) is 1. The molecule has 2 rings (SSSR count). The number of amides is 2. The van der Waals surface area contributed by atoms with Crippen LogP contribution in [-0.2, 0) is 0 Å². The molecule has 1 aromatic carbocycles. The van der Waals surface area contributed by atoms with Crippen LogP contribution in [0.3, 0.4) is 0 Å². The topological polar surface area (TPSA) is 67.6 Å². The Hall–Kier alpha value is -1.91. The molecule has 0 radical (unpaired) electrons. The Kier molecular flexibility index (Phi) is 3.92. The van der Waals surface area contributed by atoms with E-state index in [0.717, 1.165) is 25.9 Å². The Balaban J connectivity index is 2.06. The first kappa shape index (κ1) is 12.5. The molecule has 1 aliphatic heterocycles. The number of ether oxygens (including phenoxy) is 1. The van der Waals surface area contributed by atoms with Crippen molar-refractivity contribution in [3.8, 4) is 5.75 Å². The van der Waals surface area contributed by atoms with Gasteiger partial charge in [0.05, 0.1) is 12.8 Å². The molecule has 0 aliphatic carbocycles. The molecule has 0 aromatic heterocycles. The van der Waals surface area contributed by atoms with E-state index in [1.807, 2.05) is 4.90 Å². The van der Waals surface area contributed by atoms with Gasteiger partial charge in [0.1, 0.15) is 5.75 Å². The van der Waals surface area contributed by atoms with Crippen LogP contribution in [0.1, 0.15) is 19.3 Å². The summed E-state index contributed by atoms with van der Waals surface area (Å²) in [6.07, 6.45) is 3.35. The fraction of sp³-hybridized carbons (Fsp3) is 0.462. The van der Waals surface area contributed by atoms with Gasteiger partial charge in [-0.25, -0.2) is 4.79 Å². The van der Waals surface area contributed by atoms with Crippen LogP contribution in [0.5, 0.6) is 5.75 Å². The first-order valence-electron chi connectivity index (χ1n) is 6.20. The van der Waals surface area contributed by atoms with E-state index in [1.54, 1.807) is 25.3 Å². The lowest BCUT2D eigenvalue weighted by molar-refractivity contribution is 0.200. The SMILES string of the molecule is COc1cc(N)ccc1NC(=O)N1CCCCC1. The summed E-state index contributed by atoms with van der Waals surface area (Å²) >= 11 is 0. The number of urea groups is 1. The van der Waals surface area contributed by atoms with E-state index >= 15 is 0 Å². The van der Waals surface area contributed by atoms with E-state index in [2.05, 4.69) is 5.32 Å². The largest absolute Gasteiger partial charge is 0.494 e. The van der Waals surface area contributed by atoms with E-state index in [0.29, 0.717) is 17.1 Å². The lowest BCUT2D eigenvalue weighted by Gasteiger charge is -2.27. The first-order chi connectivity index (χ1) is 8.70. The van der Waals surface area contributed by atoms with Crippen molar-refractivity contribution < 1.29 is 9.53 Å². The van der Waals surface area contributed by atoms with Crippen LogP contribution in [0, 0.1) is 0 Å². The number of nitrogens with one attached hydrogen (secondary N) is 1. The van der Waals surface area contributed by atoms with Crippen molar-refractivity contribution in [1.82, 2.24) is 4.90 Å². The Labute approximate surface area is 107 Å². The maximum atomic E-state index is 12.0. The summed E-state index contributed by atoms with van der Waals surface area (Å²) in [6.45, 7) is 1.65. The van der Waals surface area contributed by atoms with E-state index in [9.17, 15) is 4.79 Å². The lowest BCUT2D eigenvalue weighted by Crippen LogP contribution is -2.38. The van der Waals surface area contributed by atoms with E-state index in [-0.39, 0.29) is 6.03 Å². The number of piperidine rings is 1. The number of hydrogen-bond donors (Lipinski definition) is 2. The fourth-order valence-corrected chi connectivity index (χ4v) is 2.10. The summed E-state index contributed by atoms with van der Waals surface area (Å²) in [4.78, 5) is 13.9. The minimum Gasteiger partial charge on any atom is -0.494 e. The quantitative estimate of drug-likeness (QED) is 0.790. The second-order valence-corrected chi connectivity index (χ2v) is 4.44. The molecule has 1 aromatic rings. The third kappa shape index (κ3) is 2.85. The van der Waals surface area contributed by atoms with Gasteiger partial charge in [-0.05, 0) is 31.4 Å². The van der Waals surface area contributed by atoms with Gasteiger partial charge in [-0.15, -0.1) is 0 Å². The summed E-state index contributed by atoms with van der Waals surface area (Å²) in [5.41, 5.74) is 6.94. The second-order valence-electron chi connectivity index (χ2n) is 4.44. The molecule has 1 fully saturated rings. The van der Waals surface area contributed by atoms with Crippen LogP contribution in [0.2, 0.25) is 0 Å². The van der Waals surface area contributed by atoms with Gasteiger partial charge in [-0.1, -0.05) is 0 Å². The van der Waals surface area contributed by atoms with Gasteiger partial charge in [-0.3, -0.25) is 0 Å². The minimum atomic E-state index is -0.0715. The molecule has 0 spiro atoms. The number of nitrogens with zero attached hydrogens (tertiary/aromatic N) is 1. The number of benzene rings is 1. The average Bonchev–Trinajstić information content (AvgIpc) is 2.41. The predicted octanol–water partition coefficient (Wildman–Crippen LogP) is 2.30. The highest BCUT2D eigenvalue weighted by molar-refractivity contribution is 5.91. The van der Waals surface area contributed by atoms with Gasteiger partial charge in [0.25, 0.3) is 0 Å². The molecule has 0 atom stereocenters. The van der Waals surface area contributed by atoms with Crippen molar-refractivity contribution in [3.63, 3.8) is 0 Å². The number of hydrogen-bond acceptors (Lipinski definition) is 3. The summed E-state index contributed by atoms with van der Waals surface area (Å²) < 4.78 is 5.20. The second kappa shape index (κ2) is 5.62. The molecular formula is C13H19N3O2. The van der Waals surface area contributed by atoms with E-state index in [1.165, 1.54) is 6.42 Å². The maximum absolute atomic E-state index is 12.0. The van der Waals surface area contributed by atoms with Crippen molar-refractivity contribution in [1.29, 1.82) is 0 Å². The molecule has 18 heavy (non-hydrogen) atoms. The molecule has 2 amide bonds. The molecule has 1 saturated heterocycles. The van der Waals surface area contributed by atoms with Crippen LogP contribution in [0.4, 0.5) is 16.2 Å². The van der Waals surface area contributed by atoms with Crippen molar-refractivity contribution in [3.05, 3.63) is 18.2 Å². The highest BCUT2D eigenvalue weighted by Gasteiger charge is 2.17. The predicted molar refractivity (Wildman–Crippen MR) is 71.8 cm³/mol. The molecule has 1 heterocycles. The number of carbonyl (C=O) groups is 1. The zero-order chi connectivity index (χ0) is 13.0. The first-order valence-corrected chi connectivity index (χ1v) is 6.20. The maximum Gasteiger partial charge on any atom is 0.321 e. The van der Waals surface area contributed by atoms with Gasteiger partial charge < -0.3 is 20.7 Å². The monoisotopic (exact) mass is 249 g/mol. The van der Waals surface area contributed by atoms with Crippen LogP contribution < -0.4 is 15.8 Å². The Bertz CT molecular complexity index is 428.